The lowest BCUT2D eigenvalue weighted by molar-refractivity contribution is 0.386. The Morgan fingerprint density at radius 1 is 1.15 bits per heavy atom. The summed E-state index contributed by atoms with van der Waals surface area (Å²) in [5.74, 6) is -0.108. The Kier molecular flexibility index (Phi) is 3.29. The monoisotopic (exact) mass is 270 g/mol. The standard InChI is InChI=1S/C16H15FN2O/c1-20-16-5-3-13(9-14(16)17)19-10-11-2-4-15-12(8-11)6-7-18-15/h2-9,18-19H,10H2,1H3. The summed E-state index contributed by atoms with van der Waals surface area (Å²) in [6, 6.07) is 13.1. The minimum absolute atomic E-state index is 0.254. The lowest BCUT2D eigenvalue weighted by Crippen LogP contribution is -2.00. The fourth-order valence-corrected chi connectivity index (χ4v) is 2.19. The van der Waals surface area contributed by atoms with Gasteiger partial charge < -0.3 is 15.0 Å². The number of hydrogen-bond acceptors (Lipinski definition) is 2. The van der Waals surface area contributed by atoms with E-state index in [1.54, 1.807) is 12.1 Å². The molecule has 0 unspecified atom stereocenters. The van der Waals surface area contributed by atoms with Crippen LogP contribution in [0.25, 0.3) is 10.9 Å². The van der Waals surface area contributed by atoms with E-state index in [4.69, 9.17) is 4.74 Å². The average Bonchev–Trinajstić information content (AvgIpc) is 2.92. The normalized spacial score (nSPS) is 10.7. The van der Waals surface area contributed by atoms with E-state index in [9.17, 15) is 4.39 Å². The van der Waals surface area contributed by atoms with E-state index >= 15 is 0 Å². The number of anilines is 1. The minimum Gasteiger partial charge on any atom is -0.494 e. The third kappa shape index (κ3) is 2.45. The van der Waals surface area contributed by atoms with Crippen LogP contribution in [0.15, 0.2) is 48.7 Å². The molecule has 0 bridgehead atoms. The second-order valence-corrected chi connectivity index (χ2v) is 4.60. The lowest BCUT2D eigenvalue weighted by Gasteiger charge is -2.08. The third-order valence-corrected chi connectivity index (χ3v) is 3.27. The summed E-state index contributed by atoms with van der Waals surface area (Å²) in [6.07, 6.45) is 1.92. The van der Waals surface area contributed by atoms with Crippen LogP contribution in [0.1, 0.15) is 5.56 Å². The van der Waals surface area contributed by atoms with Gasteiger partial charge in [0.05, 0.1) is 7.11 Å². The van der Waals surface area contributed by atoms with E-state index in [0.29, 0.717) is 6.54 Å². The molecule has 2 N–H and O–H groups in total. The smallest absolute Gasteiger partial charge is 0.167 e. The van der Waals surface area contributed by atoms with Crippen molar-refractivity contribution in [2.45, 2.75) is 6.54 Å². The molecule has 0 aliphatic rings. The molecular formula is C16H15FN2O. The van der Waals surface area contributed by atoms with Crippen LogP contribution < -0.4 is 10.1 Å². The van der Waals surface area contributed by atoms with Crippen molar-refractivity contribution in [3.63, 3.8) is 0 Å². The highest BCUT2D eigenvalue weighted by Crippen LogP contribution is 2.21. The Morgan fingerprint density at radius 2 is 2.05 bits per heavy atom. The number of ether oxygens (including phenoxy) is 1. The van der Waals surface area contributed by atoms with E-state index < -0.39 is 0 Å². The van der Waals surface area contributed by atoms with E-state index in [1.165, 1.54) is 18.6 Å². The molecule has 0 amide bonds. The molecule has 2 aromatic carbocycles. The number of benzene rings is 2. The van der Waals surface area contributed by atoms with Gasteiger partial charge in [0.25, 0.3) is 0 Å². The van der Waals surface area contributed by atoms with Crippen LogP contribution in [0.4, 0.5) is 10.1 Å². The quantitative estimate of drug-likeness (QED) is 0.753. The van der Waals surface area contributed by atoms with Crippen molar-refractivity contribution in [1.29, 1.82) is 0 Å². The highest BCUT2D eigenvalue weighted by atomic mass is 19.1. The van der Waals surface area contributed by atoms with Crippen molar-refractivity contribution in [3.8, 4) is 5.75 Å². The lowest BCUT2D eigenvalue weighted by atomic mass is 10.1. The van der Waals surface area contributed by atoms with Crippen molar-refractivity contribution >= 4 is 16.6 Å². The maximum Gasteiger partial charge on any atom is 0.167 e. The summed E-state index contributed by atoms with van der Waals surface area (Å²) in [6.45, 7) is 0.646. The molecule has 0 saturated carbocycles. The van der Waals surface area contributed by atoms with Crippen molar-refractivity contribution in [2.24, 2.45) is 0 Å². The fourth-order valence-electron chi connectivity index (χ4n) is 2.19. The number of halogens is 1. The number of aromatic amines is 1. The average molecular weight is 270 g/mol. The van der Waals surface area contributed by atoms with Crippen LogP contribution in [0.5, 0.6) is 5.75 Å². The summed E-state index contributed by atoms with van der Waals surface area (Å²) in [5.41, 5.74) is 3.00. The molecule has 0 aliphatic heterocycles. The van der Waals surface area contributed by atoms with Crippen LogP contribution in [0, 0.1) is 5.82 Å². The first kappa shape index (κ1) is 12.5. The number of hydrogen-bond donors (Lipinski definition) is 2. The van der Waals surface area contributed by atoms with Gasteiger partial charge in [0.2, 0.25) is 0 Å². The fraction of sp³-hybridized carbons (Fsp3) is 0.125. The van der Waals surface area contributed by atoms with Gasteiger partial charge in [-0.2, -0.15) is 0 Å². The van der Waals surface area contributed by atoms with Gasteiger partial charge >= 0.3 is 0 Å². The van der Waals surface area contributed by atoms with Crippen molar-refractivity contribution in [3.05, 3.63) is 60.0 Å². The molecule has 0 aliphatic carbocycles. The van der Waals surface area contributed by atoms with E-state index in [-0.39, 0.29) is 11.6 Å². The van der Waals surface area contributed by atoms with Crippen LogP contribution in [-0.2, 0) is 6.54 Å². The summed E-state index contributed by atoms with van der Waals surface area (Å²) in [5, 5.41) is 4.38. The molecule has 0 fully saturated rings. The number of rotatable bonds is 4. The Hall–Kier alpha value is -2.49. The van der Waals surface area contributed by atoms with Crippen molar-refractivity contribution in [1.82, 2.24) is 4.98 Å². The van der Waals surface area contributed by atoms with Gasteiger partial charge in [0, 0.05) is 30.0 Å². The maximum absolute atomic E-state index is 13.6. The summed E-state index contributed by atoms with van der Waals surface area (Å²) >= 11 is 0. The zero-order chi connectivity index (χ0) is 13.9. The topological polar surface area (TPSA) is 37.0 Å². The van der Waals surface area contributed by atoms with Gasteiger partial charge in [-0.25, -0.2) is 4.39 Å². The molecule has 20 heavy (non-hydrogen) atoms. The van der Waals surface area contributed by atoms with Crippen molar-refractivity contribution < 1.29 is 9.13 Å². The zero-order valence-corrected chi connectivity index (χ0v) is 11.1. The molecule has 0 spiro atoms. The first-order chi connectivity index (χ1) is 9.76. The Balaban J connectivity index is 1.73. The van der Waals surface area contributed by atoms with Gasteiger partial charge in [0.1, 0.15) is 0 Å². The van der Waals surface area contributed by atoms with E-state index in [0.717, 1.165) is 16.8 Å². The van der Waals surface area contributed by atoms with Crippen LogP contribution in [0.2, 0.25) is 0 Å². The molecule has 3 rings (SSSR count). The van der Waals surface area contributed by atoms with Crippen LogP contribution >= 0.6 is 0 Å². The summed E-state index contributed by atoms with van der Waals surface area (Å²) in [4.78, 5) is 3.16. The maximum atomic E-state index is 13.6. The van der Waals surface area contributed by atoms with Crippen molar-refractivity contribution in [2.75, 3.05) is 12.4 Å². The Bertz CT molecular complexity index is 736. The molecule has 3 nitrogen and oxygen atoms in total. The first-order valence-corrected chi connectivity index (χ1v) is 6.40. The third-order valence-electron chi connectivity index (χ3n) is 3.27. The summed E-state index contributed by atoms with van der Waals surface area (Å²) < 4.78 is 18.5. The molecule has 1 aromatic heterocycles. The second-order valence-electron chi connectivity index (χ2n) is 4.60. The number of nitrogens with one attached hydrogen (secondary N) is 2. The summed E-state index contributed by atoms with van der Waals surface area (Å²) in [7, 11) is 1.46. The number of fused-ring (bicyclic) bond motifs is 1. The van der Waals surface area contributed by atoms with Gasteiger partial charge in [-0.15, -0.1) is 0 Å². The molecule has 0 radical (unpaired) electrons. The number of H-pyrrole nitrogens is 1. The molecule has 1 heterocycles. The SMILES string of the molecule is COc1ccc(NCc2ccc3[nH]ccc3c2)cc1F. The largest absolute Gasteiger partial charge is 0.494 e. The molecule has 0 atom stereocenters. The molecular weight excluding hydrogens is 255 g/mol. The first-order valence-electron chi connectivity index (χ1n) is 6.40. The van der Waals surface area contributed by atoms with E-state index in [1.807, 2.05) is 24.4 Å². The van der Waals surface area contributed by atoms with E-state index in [2.05, 4.69) is 16.4 Å². The molecule has 4 heteroatoms. The van der Waals surface area contributed by atoms with Crippen LogP contribution in [0.3, 0.4) is 0 Å². The predicted molar refractivity (Wildman–Crippen MR) is 78.6 cm³/mol. The highest BCUT2D eigenvalue weighted by molar-refractivity contribution is 5.79. The predicted octanol–water partition coefficient (Wildman–Crippen LogP) is 3.93. The van der Waals surface area contributed by atoms with Gasteiger partial charge in [0.15, 0.2) is 11.6 Å². The Labute approximate surface area is 116 Å². The number of methoxy groups -OCH3 is 1. The van der Waals surface area contributed by atoms with Gasteiger partial charge in [-0.05, 0) is 41.3 Å². The highest BCUT2D eigenvalue weighted by Gasteiger charge is 2.03. The number of aromatic nitrogens is 1. The van der Waals surface area contributed by atoms with Crippen LogP contribution in [-0.4, -0.2) is 12.1 Å². The van der Waals surface area contributed by atoms with Gasteiger partial charge in [-0.1, -0.05) is 6.07 Å². The molecule has 3 aromatic rings. The second kappa shape index (κ2) is 5.25. The minimum atomic E-state index is -0.362. The molecule has 102 valence electrons. The Morgan fingerprint density at radius 3 is 2.85 bits per heavy atom. The zero-order valence-electron chi connectivity index (χ0n) is 11.1. The molecule has 0 saturated heterocycles. The van der Waals surface area contributed by atoms with Gasteiger partial charge in [-0.3, -0.25) is 0 Å².